The average molecular weight is 318 g/mol. The number of likely N-dealkylation sites (tertiary alicyclic amines) is 1. The van der Waals surface area contributed by atoms with Crippen molar-refractivity contribution in [1.82, 2.24) is 10.2 Å². The third-order valence-corrected chi connectivity index (χ3v) is 4.97. The van der Waals surface area contributed by atoms with Gasteiger partial charge in [0.05, 0.1) is 26.4 Å². The van der Waals surface area contributed by atoms with Crippen molar-refractivity contribution in [1.29, 1.82) is 0 Å². The Morgan fingerprint density at radius 2 is 2.26 bits per heavy atom. The third kappa shape index (κ3) is 3.91. The molecule has 1 N–H and O–H groups in total. The van der Waals surface area contributed by atoms with E-state index in [1.807, 2.05) is 18.2 Å². The second-order valence-corrected chi connectivity index (χ2v) is 6.76. The van der Waals surface area contributed by atoms with Gasteiger partial charge in [0.2, 0.25) is 5.91 Å². The van der Waals surface area contributed by atoms with Crippen LogP contribution in [0.5, 0.6) is 0 Å². The number of hydrogen-bond donors (Lipinski definition) is 1. The van der Waals surface area contributed by atoms with E-state index in [0.717, 1.165) is 32.7 Å². The number of hydrogen-bond acceptors (Lipinski definition) is 4. The van der Waals surface area contributed by atoms with Gasteiger partial charge >= 0.3 is 0 Å². The molecule has 0 unspecified atom stereocenters. The predicted octanol–water partition coefficient (Wildman–Crippen LogP) is 0.940. The van der Waals surface area contributed by atoms with Crippen LogP contribution in [0.3, 0.4) is 0 Å². The summed E-state index contributed by atoms with van der Waals surface area (Å²) in [5.41, 5.74) is 1.33. The second-order valence-electron chi connectivity index (χ2n) is 6.76. The monoisotopic (exact) mass is 318 g/mol. The minimum atomic E-state index is 0.0824. The number of benzene rings is 1. The number of rotatable bonds is 7. The zero-order valence-electron chi connectivity index (χ0n) is 13.8. The zero-order valence-corrected chi connectivity index (χ0v) is 13.8. The van der Waals surface area contributed by atoms with Gasteiger partial charge in [-0.3, -0.25) is 9.69 Å². The molecule has 23 heavy (non-hydrogen) atoms. The fraction of sp³-hybridized carbons (Fsp3) is 0.611. The normalized spacial score (nSPS) is 27.1. The molecule has 0 aliphatic carbocycles. The SMILES string of the molecule is COC[C@@]12COC[C@@H]1CN(CC(=O)NCCc1ccccc1)C2. The Balaban J connectivity index is 1.42. The van der Waals surface area contributed by atoms with Gasteiger partial charge < -0.3 is 14.8 Å². The van der Waals surface area contributed by atoms with E-state index in [4.69, 9.17) is 9.47 Å². The number of fused-ring (bicyclic) bond motifs is 1. The first-order valence-corrected chi connectivity index (χ1v) is 8.31. The molecule has 3 rings (SSSR count). The van der Waals surface area contributed by atoms with Gasteiger partial charge in [0.25, 0.3) is 0 Å². The standard InChI is InChI=1S/C18H26N2O3/c1-22-13-18-12-20(9-16(18)11-23-14-18)10-17(21)19-8-7-15-5-3-2-4-6-15/h2-6,16H,7-14H2,1H3,(H,19,21)/t16-,18-/m0/s1. The molecule has 2 atom stereocenters. The third-order valence-electron chi connectivity index (χ3n) is 4.97. The molecule has 0 radical (unpaired) electrons. The molecule has 2 aliphatic rings. The summed E-state index contributed by atoms with van der Waals surface area (Å²) < 4.78 is 11.0. The minimum absolute atomic E-state index is 0.0824. The van der Waals surface area contributed by atoms with Gasteiger partial charge in [-0.05, 0) is 12.0 Å². The average Bonchev–Trinajstić information content (AvgIpc) is 3.05. The van der Waals surface area contributed by atoms with E-state index in [1.165, 1.54) is 5.56 Å². The molecule has 1 aromatic carbocycles. The van der Waals surface area contributed by atoms with Crippen molar-refractivity contribution >= 4 is 5.91 Å². The summed E-state index contributed by atoms with van der Waals surface area (Å²) in [7, 11) is 1.74. The maximum Gasteiger partial charge on any atom is 0.234 e. The Morgan fingerprint density at radius 1 is 1.43 bits per heavy atom. The van der Waals surface area contributed by atoms with Gasteiger partial charge in [0, 0.05) is 38.1 Å². The molecule has 5 heteroatoms. The first kappa shape index (κ1) is 16.4. The molecule has 5 nitrogen and oxygen atoms in total. The number of nitrogens with one attached hydrogen (secondary N) is 1. The summed E-state index contributed by atoms with van der Waals surface area (Å²) in [4.78, 5) is 14.4. The molecule has 1 aromatic rings. The summed E-state index contributed by atoms with van der Waals surface area (Å²) in [6.07, 6.45) is 0.872. The van der Waals surface area contributed by atoms with E-state index >= 15 is 0 Å². The van der Waals surface area contributed by atoms with E-state index in [1.54, 1.807) is 7.11 Å². The molecule has 0 saturated carbocycles. The Hall–Kier alpha value is -1.43. The molecular weight excluding hydrogens is 292 g/mol. The molecule has 0 bridgehead atoms. The first-order chi connectivity index (χ1) is 11.2. The summed E-state index contributed by atoms with van der Waals surface area (Å²) >= 11 is 0. The van der Waals surface area contributed by atoms with Gasteiger partial charge in [-0.1, -0.05) is 30.3 Å². The molecule has 2 heterocycles. The van der Waals surface area contributed by atoms with Gasteiger partial charge in [-0.2, -0.15) is 0 Å². The van der Waals surface area contributed by atoms with Crippen molar-refractivity contribution in [2.45, 2.75) is 6.42 Å². The van der Waals surface area contributed by atoms with Crippen LogP contribution >= 0.6 is 0 Å². The maximum atomic E-state index is 12.2. The fourth-order valence-electron chi connectivity index (χ4n) is 3.80. The quantitative estimate of drug-likeness (QED) is 0.813. The van der Waals surface area contributed by atoms with Crippen molar-refractivity contribution in [3.05, 3.63) is 35.9 Å². The van der Waals surface area contributed by atoms with Crippen LogP contribution in [0.25, 0.3) is 0 Å². The lowest BCUT2D eigenvalue weighted by Gasteiger charge is -2.26. The largest absolute Gasteiger partial charge is 0.384 e. The van der Waals surface area contributed by atoms with E-state index in [2.05, 4.69) is 22.3 Å². The van der Waals surface area contributed by atoms with E-state index < -0.39 is 0 Å². The molecule has 2 aliphatic heterocycles. The van der Waals surface area contributed by atoms with Crippen molar-refractivity contribution in [3.8, 4) is 0 Å². The van der Waals surface area contributed by atoms with Crippen LogP contribution in [0, 0.1) is 11.3 Å². The van der Waals surface area contributed by atoms with E-state index in [9.17, 15) is 4.79 Å². The second kappa shape index (κ2) is 7.43. The van der Waals surface area contributed by atoms with Crippen LogP contribution in [0.4, 0.5) is 0 Å². The maximum absolute atomic E-state index is 12.2. The highest BCUT2D eigenvalue weighted by Gasteiger charge is 2.50. The Kier molecular flexibility index (Phi) is 5.30. The molecule has 0 spiro atoms. The highest BCUT2D eigenvalue weighted by molar-refractivity contribution is 5.78. The number of nitrogens with zero attached hydrogens (tertiary/aromatic N) is 1. The molecule has 2 saturated heterocycles. The van der Waals surface area contributed by atoms with Crippen LogP contribution in [0.1, 0.15) is 5.56 Å². The summed E-state index contributed by atoms with van der Waals surface area (Å²) in [5, 5.41) is 3.03. The van der Waals surface area contributed by atoms with Crippen molar-refractivity contribution in [3.63, 3.8) is 0 Å². The zero-order chi connectivity index (χ0) is 16.1. The van der Waals surface area contributed by atoms with E-state index in [-0.39, 0.29) is 11.3 Å². The predicted molar refractivity (Wildman–Crippen MR) is 88.2 cm³/mol. The Labute approximate surface area is 137 Å². The number of carbonyl (C=O) groups is 1. The Morgan fingerprint density at radius 3 is 3.04 bits per heavy atom. The minimum Gasteiger partial charge on any atom is -0.384 e. The molecule has 126 valence electrons. The van der Waals surface area contributed by atoms with Crippen LogP contribution in [0.2, 0.25) is 0 Å². The fourth-order valence-corrected chi connectivity index (χ4v) is 3.80. The molecule has 1 amide bonds. The lowest BCUT2D eigenvalue weighted by Crippen LogP contribution is -2.39. The summed E-state index contributed by atoms with van der Waals surface area (Å²) in [6, 6.07) is 10.2. The van der Waals surface area contributed by atoms with Crippen molar-refractivity contribution in [2.24, 2.45) is 11.3 Å². The van der Waals surface area contributed by atoms with Gasteiger partial charge in [-0.25, -0.2) is 0 Å². The van der Waals surface area contributed by atoms with Gasteiger partial charge in [0.15, 0.2) is 0 Å². The Bertz CT molecular complexity index is 522. The first-order valence-electron chi connectivity index (χ1n) is 8.31. The summed E-state index contributed by atoms with van der Waals surface area (Å²) in [6.45, 7) is 5.22. The van der Waals surface area contributed by atoms with E-state index in [0.29, 0.717) is 25.6 Å². The lowest BCUT2D eigenvalue weighted by molar-refractivity contribution is -0.122. The highest BCUT2D eigenvalue weighted by atomic mass is 16.5. The van der Waals surface area contributed by atoms with Crippen LogP contribution < -0.4 is 5.32 Å². The van der Waals surface area contributed by atoms with Gasteiger partial charge in [-0.15, -0.1) is 0 Å². The van der Waals surface area contributed by atoms with Crippen molar-refractivity contribution < 1.29 is 14.3 Å². The number of amides is 1. The number of carbonyl (C=O) groups excluding carboxylic acids is 1. The molecular formula is C18H26N2O3. The van der Waals surface area contributed by atoms with Crippen molar-refractivity contribution in [2.75, 3.05) is 53.1 Å². The van der Waals surface area contributed by atoms with Gasteiger partial charge in [0.1, 0.15) is 0 Å². The summed E-state index contributed by atoms with van der Waals surface area (Å²) in [5.74, 6) is 0.592. The molecule has 0 aromatic heterocycles. The van der Waals surface area contributed by atoms with Crippen LogP contribution in [0.15, 0.2) is 30.3 Å². The highest BCUT2D eigenvalue weighted by Crippen LogP contribution is 2.41. The van der Waals surface area contributed by atoms with Crippen LogP contribution in [-0.4, -0.2) is 63.9 Å². The van der Waals surface area contributed by atoms with Crippen LogP contribution in [-0.2, 0) is 20.7 Å². The number of methoxy groups -OCH3 is 1. The topological polar surface area (TPSA) is 50.8 Å². The molecule has 2 fully saturated rings. The smallest absolute Gasteiger partial charge is 0.234 e. The number of ether oxygens (including phenoxy) is 2. The lowest BCUT2D eigenvalue weighted by atomic mass is 9.82.